The van der Waals surface area contributed by atoms with Gasteiger partial charge in [-0.1, -0.05) is 37.5 Å². The number of rotatable bonds is 3. The first-order chi connectivity index (χ1) is 15.7. The molecule has 3 aliphatic rings. The lowest BCUT2D eigenvalue weighted by Crippen LogP contribution is -2.53. The van der Waals surface area contributed by atoms with Gasteiger partial charge < -0.3 is 14.7 Å². The standard InChI is InChI=1S/C26H34N4O2/c31-25(20-7-2-1-3-8-20)30-14-6-9-21(19-30)26(32)29-17-15-28(16-18-29)24-12-13-27-23-11-5-4-10-22(23)24/h4-5,10-13,20-21H,1-3,6-9,14-19H2. The first-order valence-corrected chi connectivity index (χ1v) is 12.4. The van der Waals surface area contributed by atoms with Crippen LogP contribution < -0.4 is 4.90 Å². The van der Waals surface area contributed by atoms with Crippen molar-refractivity contribution in [2.24, 2.45) is 11.8 Å². The lowest BCUT2D eigenvalue weighted by atomic mass is 9.87. The topological polar surface area (TPSA) is 56.8 Å². The summed E-state index contributed by atoms with van der Waals surface area (Å²) in [5.41, 5.74) is 2.21. The first kappa shape index (κ1) is 21.2. The molecule has 1 saturated carbocycles. The van der Waals surface area contributed by atoms with E-state index in [4.69, 9.17) is 0 Å². The van der Waals surface area contributed by atoms with Crippen molar-refractivity contribution in [1.82, 2.24) is 14.8 Å². The largest absolute Gasteiger partial charge is 0.367 e. The van der Waals surface area contributed by atoms with Gasteiger partial charge in [-0.3, -0.25) is 14.6 Å². The molecule has 1 atom stereocenters. The molecule has 1 aliphatic carbocycles. The van der Waals surface area contributed by atoms with Crippen LogP contribution in [0.5, 0.6) is 0 Å². The number of hydrogen-bond donors (Lipinski definition) is 0. The minimum atomic E-state index is -0.0374. The number of para-hydroxylation sites is 1. The second-order valence-electron chi connectivity index (χ2n) is 9.62. The average molecular weight is 435 g/mol. The zero-order valence-electron chi connectivity index (χ0n) is 18.9. The summed E-state index contributed by atoms with van der Waals surface area (Å²) < 4.78 is 0. The summed E-state index contributed by atoms with van der Waals surface area (Å²) >= 11 is 0. The number of benzene rings is 1. The molecule has 170 valence electrons. The number of nitrogens with zero attached hydrogens (tertiary/aromatic N) is 4. The molecule has 0 spiro atoms. The van der Waals surface area contributed by atoms with E-state index < -0.39 is 0 Å². The Morgan fingerprint density at radius 1 is 0.750 bits per heavy atom. The minimum absolute atomic E-state index is 0.0374. The maximum absolute atomic E-state index is 13.3. The van der Waals surface area contributed by atoms with Crippen LogP contribution in [0.25, 0.3) is 10.9 Å². The van der Waals surface area contributed by atoms with Gasteiger partial charge >= 0.3 is 0 Å². The van der Waals surface area contributed by atoms with Crippen molar-refractivity contribution in [3.8, 4) is 0 Å². The SMILES string of the molecule is O=C(C1CCCN(C(=O)C2CCCCC2)C1)N1CCN(c2ccnc3ccccc23)CC1. The molecule has 0 radical (unpaired) electrons. The van der Waals surface area contributed by atoms with Crippen LogP contribution in [0, 0.1) is 11.8 Å². The van der Waals surface area contributed by atoms with E-state index in [0.717, 1.165) is 63.9 Å². The van der Waals surface area contributed by atoms with Gasteiger partial charge in [-0.15, -0.1) is 0 Å². The highest BCUT2D eigenvalue weighted by Gasteiger charge is 2.35. The molecule has 0 bridgehead atoms. The van der Waals surface area contributed by atoms with Crippen molar-refractivity contribution >= 4 is 28.4 Å². The second kappa shape index (κ2) is 9.47. The number of aromatic nitrogens is 1. The van der Waals surface area contributed by atoms with Gasteiger partial charge in [-0.05, 0) is 37.8 Å². The highest BCUT2D eigenvalue weighted by atomic mass is 16.2. The van der Waals surface area contributed by atoms with Crippen LogP contribution in [-0.4, -0.2) is 65.9 Å². The molecule has 2 saturated heterocycles. The molecule has 0 N–H and O–H groups in total. The van der Waals surface area contributed by atoms with Gasteiger partial charge in [0.15, 0.2) is 0 Å². The first-order valence-electron chi connectivity index (χ1n) is 12.4. The van der Waals surface area contributed by atoms with Crippen LogP contribution in [-0.2, 0) is 9.59 Å². The van der Waals surface area contributed by atoms with Crippen molar-refractivity contribution < 1.29 is 9.59 Å². The van der Waals surface area contributed by atoms with Crippen LogP contribution >= 0.6 is 0 Å². The van der Waals surface area contributed by atoms with E-state index in [-0.39, 0.29) is 17.7 Å². The van der Waals surface area contributed by atoms with E-state index in [9.17, 15) is 9.59 Å². The number of anilines is 1. The molecule has 1 unspecified atom stereocenters. The fraction of sp³-hybridized carbons (Fsp3) is 0.577. The Morgan fingerprint density at radius 3 is 2.28 bits per heavy atom. The summed E-state index contributed by atoms with van der Waals surface area (Å²) in [4.78, 5) is 37.2. The van der Waals surface area contributed by atoms with Gasteiger partial charge in [0.05, 0.1) is 11.4 Å². The summed E-state index contributed by atoms with van der Waals surface area (Å²) in [7, 11) is 0. The van der Waals surface area contributed by atoms with Crippen LogP contribution in [0.1, 0.15) is 44.9 Å². The third-order valence-corrected chi connectivity index (χ3v) is 7.59. The summed E-state index contributed by atoms with van der Waals surface area (Å²) in [5.74, 6) is 0.697. The lowest BCUT2D eigenvalue weighted by Gasteiger charge is -2.40. The Bertz CT molecular complexity index is 958. The predicted octanol–water partition coefficient (Wildman–Crippen LogP) is 3.70. The highest BCUT2D eigenvalue weighted by Crippen LogP contribution is 2.29. The van der Waals surface area contributed by atoms with Gasteiger partial charge in [0.1, 0.15) is 0 Å². The van der Waals surface area contributed by atoms with Crippen LogP contribution in [0.15, 0.2) is 36.5 Å². The number of fused-ring (bicyclic) bond motifs is 1. The van der Waals surface area contributed by atoms with E-state index >= 15 is 0 Å². The number of piperidine rings is 1. The third kappa shape index (κ3) is 4.32. The van der Waals surface area contributed by atoms with Crippen molar-refractivity contribution in [1.29, 1.82) is 0 Å². The number of carbonyl (C=O) groups is 2. The van der Waals surface area contributed by atoms with Crippen molar-refractivity contribution in [2.45, 2.75) is 44.9 Å². The summed E-state index contributed by atoms with van der Waals surface area (Å²) in [6, 6.07) is 10.3. The second-order valence-corrected chi connectivity index (χ2v) is 9.62. The number of hydrogen-bond acceptors (Lipinski definition) is 4. The molecule has 32 heavy (non-hydrogen) atoms. The highest BCUT2D eigenvalue weighted by molar-refractivity contribution is 5.91. The quantitative estimate of drug-likeness (QED) is 0.739. The number of amides is 2. The average Bonchev–Trinajstić information content (AvgIpc) is 2.88. The molecule has 2 aliphatic heterocycles. The molecule has 3 heterocycles. The lowest BCUT2D eigenvalue weighted by molar-refractivity contribution is -0.143. The van der Waals surface area contributed by atoms with Gasteiger partial charge in [-0.2, -0.15) is 0 Å². The van der Waals surface area contributed by atoms with Gasteiger partial charge in [0, 0.05) is 62.5 Å². The maximum Gasteiger partial charge on any atom is 0.227 e. The fourth-order valence-corrected chi connectivity index (χ4v) is 5.77. The molecule has 5 rings (SSSR count). The fourth-order valence-electron chi connectivity index (χ4n) is 5.77. The van der Waals surface area contributed by atoms with Gasteiger partial charge in [0.2, 0.25) is 11.8 Å². The van der Waals surface area contributed by atoms with Crippen molar-refractivity contribution in [2.75, 3.05) is 44.2 Å². The minimum Gasteiger partial charge on any atom is -0.367 e. The third-order valence-electron chi connectivity index (χ3n) is 7.59. The van der Waals surface area contributed by atoms with E-state index in [1.165, 1.54) is 30.3 Å². The van der Waals surface area contributed by atoms with Crippen LogP contribution in [0.3, 0.4) is 0 Å². The Morgan fingerprint density at radius 2 is 1.47 bits per heavy atom. The van der Waals surface area contributed by atoms with E-state index in [0.29, 0.717) is 12.5 Å². The summed E-state index contributed by atoms with van der Waals surface area (Å²) in [6.07, 6.45) is 9.37. The van der Waals surface area contributed by atoms with Crippen molar-refractivity contribution in [3.63, 3.8) is 0 Å². The molecule has 1 aromatic carbocycles. The number of carbonyl (C=O) groups excluding carboxylic acids is 2. The molecule has 6 nitrogen and oxygen atoms in total. The molecule has 1 aromatic heterocycles. The Kier molecular flexibility index (Phi) is 6.28. The van der Waals surface area contributed by atoms with Crippen molar-refractivity contribution in [3.05, 3.63) is 36.5 Å². The Labute approximate surface area is 190 Å². The Hall–Kier alpha value is -2.63. The smallest absolute Gasteiger partial charge is 0.227 e. The van der Waals surface area contributed by atoms with Gasteiger partial charge in [0.25, 0.3) is 0 Å². The molecule has 3 fully saturated rings. The molecule has 2 amide bonds. The van der Waals surface area contributed by atoms with Crippen LogP contribution in [0.4, 0.5) is 5.69 Å². The number of piperazine rings is 1. The zero-order chi connectivity index (χ0) is 21.9. The van der Waals surface area contributed by atoms with E-state index in [2.05, 4.69) is 28.1 Å². The molecular formula is C26H34N4O2. The number of likely N-dealkylation sites (tertiary alicyclic amines) is 1. The maximum atomic E-state index is 13.3. The van der Waals surface area contributed by atoms with Gasteiger partial charge in [-0.25, -0.2) is 0 Å². The Balaban J connectivity index is 1.19. The summed E-state index contributed by atoms with van der Waals surface area (Å²) in [6.45, 7) is 4.57. The number of pyridine rings is 1. The molecule has 6 heteroatoms. The van der Waals surface area contributed by atoms with Crippen LogP contribution in [0.2, 0.25) is 0 Å². The molecule has 2 aromatic rings. The molecular weight excluding hydrogens is 400 g/mol. The summed E-state index contributed by atoms with van der Waals surface area (Å²) in [5, 5.41) is 1.17. The zero-order valence-corrected chi connectivity index (χ0v) is 18.9. The van der Waals surface area contributed by atoms with E-state index in [1.807, 2.05) is 28.1 Å². The van der Waals surface area contributed by atoms with E-state index in [1.54, 1.807) is 0 Å². The predicted molar refractivity (Wildman–Crippen MR) is 126 cm³/mol. The monoisotopic (exact) mass is 434 g/mol. The normalized spacial score (nSPS) is 22.9.